The second-order valence-corrected chi connectivity index (χ2v) is 11.2. The summed E-state index contributed by atoms with van der Waals surface area (Å²) >= 11 is 2.65. The molecule has 5 nitrogen and oxygen atoms in total. The molecular weight excluding hydrogens is 364 g/mol. The summed E-state index contributed by atoms with van der Waals surface area (Å²) in [5.74, 6) is 0. The van der Waals surface area contributed by atoms with Gasteiger partial charge in [0.25, 0.3) is 0 Å². The minimum Gasteiger partial charge on any atom is -0.377 e. The maximum Gasteiger partial charge on any atom is 0.500 e. The fourth-order valence-corrected chi connectivity index (χ4v) is 4.71. The molecule has 1 aromatic carbocycles. The van der Waals surface area contributed by atoms with E-state index >= 15 is 0 Å². The Morgan fingerprint density at radius 1 is 1.05 bits per heavy atom. The molecule has 0 unspecified atom stereocenters. The van der Waals surface area contributed by atoms with Crippen LogP contribution in [0, 0.1) is 0 Å². The van der Waals surface area contributed by atoms with Crippen LogP contribution in [0.3, 0.4) is 0 Å². The highest BCUT2D eigenvalue weighted by atomic mass is 79.9. The molecule has 0 aliphatic heterocycles. The average molecular weight is 383 g/mol. The van der Waals surface area contributed by atoms with E-state index in [9.17, 15) is 8.42 Å². The molecule has 0 bridgehead atoms. The van der Waals surface area contributed by atoms with Crippen molar-refractivity contribution in [2.75, 3.05) is 21.3 Å². The molecular formula is C12H19BrO5SSi. The molecule has 0 fully saturated rings. The summed E-state index contributed by atoms with van der Waals surface area (Å²) < 4.78 is 38.6. The third kappa shape index (κ3) is 4.94. The molecule has 0 saturated carbocycles. The van der Waals surface area contributed by atoms with Crippen molar-refractivity contribution in [2.24, 2.45) is 0 Å². The smallest absolute Gasteiger partial charge is 0.377 e. The first kappa shape index (κ1) is 17.8. The molecule has 0 N–H and O–H groups in total. The molecule has 20 heavy (non-hydrogen) atoms. The third-order valence-electron chi connectivity index (χ3n) is 3.09. The fourth-order valence-electron chi connectivity index (χ4n) is 1.88. The van der Waals surface area contributed by atoms with Gasteiger partial charge in [-0.3, -0.25) is 0 Å². The van der Waals surface area contributed by atoms with Crippen molar-refractivity contribution in [2.45, 2.75) is 23.8 Å². The second kappa shape index (κ2) is 7.67. The van der Waals surface area contributed by atoms with Gasteiger partial charge in [-0.25, -0.2) is 8.42 Å². The normalized spacial score (nSPS) is 12.6. The van der Waals surface area contributed by atoms with Crippen molar-refractivity contribution >= 4 is 31.9 Å². The van der Waals surface area contributed by atoms with Crippen LogP contribution < -0.4 is 0 Å². The van der Waals surface area contributed by atoms with Gasteiger partial charge in [-0.2, -0.15) is 0 Å². The lowest BCUT2D eigenvalue weighted by Gasteiger charge is -2.24. The van der Waals surface area contributed by atoms with Gasteiger partial charge >= 0.3 is 8.80 Å². The first-order valence-corrected chi connectivity index (χ1v) is 11.3. The van der Waals surface area contributed by atoms with Gasteiger partial charge in [-0.05, 0) is 30.5 Å². The van der Waals surface area contributed by atoms with E-state index < -0.39 is 17.1 Å². The Hall–Kier alpha value is -0.253. The van der Waals surface area contributed by atoms with Crippen LogP contribution in [0.2, 0.25) is 6.04 Å². The summed E-state index contributed by atoms with van der Waals surface area (Å²) in [7, 11) is -1.05. The maximum atomic E-state index is 11.3. The van der Waals surface area contributed by atoms with Crippen LogP contribution in [0.1, 0.15) is 12.0 Å². The summed E-state index contributed by atoms with van der Waals surface area (Å²) in [6.07, 6.45) is 1.66. The van der Waals surface area contributed by atoms with E-state index in [0.717, 1.165) is 24.4 Å². The van der Waals surface area contributed by atoms with Crippen LogP contribution in [0.15, 0.2) is 29.2 Å². The van der Waals surface area contributed by atoms with E-state index in [2.05, 4.69) is 14.8 Å². The van der Waals surface area contributed by atoms with Gasteiger partial charge in [-0.1, -0.05) is 12.1 Å². The van der Waals surface area contributed by atoms with E-state index in [-0.39, 0.29) is 4.90 Å². The summed E-state index contributed by atoms with van der Waals surface area (Å²) in [6, 6.07) is 7.52. The average Bonchev–Trinajstić information content (AvgIpc) is 2.44. The minimum absolute atomic E-state index is 0.260. The molecule has 0 heterocycles. The lowest BCUT2D eigenvalue weighted by atomic mass is 10.1. The molecule has 0 aromatic heterocycles. The number of aryl methyl sites for hydroxylation is 1. The molecule has 0 amide bonds. The van der Waals surface area contributed by atoms with Gasteiger partial charge in [0.1, 0.15) is 0 Å². The Kier molecular flexibility index (Phi) is 6.82. The van der Waals surface area contributed by atoms with Crippen LogP contribution in [0.5, 0.6) is 0 Å². The van der Waals surface area contributed by atoms with E-state index in [1.807, 2.05) is 12.1 Å². The van der Waals surface area contributed by atoms with E-state index in [1.165, 1.54) is 0 Å². The van der Waals surface area contributed by atoms with Gasteiger partial charge in [0.05, 0.1) is 19.7 Å². The zero-order valence-electron chi connectivity index (χ0n) is 11.8. The molecule has 1 aromatic rings. The van der Waals surface area contributed by atoms with Gasteiger partial charge in [0.15, 0.2) is 0 Å². The van der Waals surface area contributed by atoms with Crippen molar-refractivity contribution in [3.63, 3.8) is 0 Å². The lowest BCUT2D eigenvalue weighted by molar-refractivity contribution is 0.123. The molecule has 0 atom stereocenters. The molecule has 1 rings (SSSR count). The zero-order chi connectivity index (χ0) is 15.2. The van der Waals surface area contributed by atoms with Crippen LogP contribution in [-0.4, -0.2) is 38.6 Å². The van der Waals surface area contributed by atoms with Gasteiger partial charge in [-0.15, -0.1) is 0 Å². The monoisotopic (exact) mass is 382 g/mol. The Balaban J connectivity index is 2.59. The van der Waals surface area contributed by atoms with E-state index in [1.54, 1.807) is 33.5 Å². The zero-order valence-corrected chi connectivity index (χ0v) is 15.2. The standard InChI is InChI=1S/C12H19BrO5SSi/c1-16-20(17-2,18-3)10-4-5-11-6-8-12(9-7-11)19(13,14)15/h6-9H,4-5,10H2,1-3H3. The summed E-state index contributed by atoms with van der Waals surface area (Å²) in [5, 5.41) is 0. The largest absolute Gasteiger partial charge is 0.500 e. The predicted octanol–water partition coefficient (Wildman–Crippen LogP) is 2.58. The molecule has 0 radical (unpaired) electrons. The second-order valence-electron chi connectivity index (χ2n) is 4.23. The Morgan fingerprint density at radius 3 is 1.95 bits per heavy atom. The van der Waals surface area contributed by atoms with Crippen molar-refractivity contribution in [1.29, 1.82) is 0 Å². The number of hydrogen-bond acceptors (Lipinski definition) is 5. The first-order chi connectivity index (χ1) is 9.37. The van der Waals surface area contributed by atoms with Crippen LogP contribution in [0.4, 0.5) is 0 Å². The lowest BCUT2D eigenvalue weighted by Crippen LogP contribution is -2.42. The number of hydrogen-bond donors (Lipinski definition) is 0. The van der Waals surface area contributed by atoms with Crippen LogP contribution >= 0.6 is 14.8 Å². The Labute approximate surface area is 128 Å². The number of halogens is 1. The van der Waals surface area contributed by atoms with Crippen molar-refractivity contribution in [3.8, 4) is 0 Å². The molecule has 114 valence electrons. The number of benzene rings is 1. The summed E-state index contributed by atoms with van der Waals surface area (Å²) in [6.45, 7) is 0. The summed E-state index contributed by atoms with van der Waals surface area (Å²) in [5.41, 5.74) is 1.07. The topological polar surface area (TPSA) is 61.8 Å². The predicted molar refractivity (Wildman–Crippen MR) is 82.5 cm³/mol. The Morgan fingerprint density at radius 2 is 1.55 bits per heavy atom. The van der Waals surface area contributed by atoms with Crippen molar-refractivity contribution < 1.29 is 21.7 Å². The first-order valence-electron chi connectivity index (χ1n) is 6.06. The molecule has 0 saturated heterocycles. The van der Waals surface area contributed by atoms with Crippen LogP contribution in [-0.2, 0) is 28.0 Å². The van der Waals surface area contributed by atoms with E-state index in [0.29, 0.717) is 0 Å². The van der Waals surface area contributed by atoms with Crippen molar-refractivity contribution in [1.82, 2.24) is 0 Å². The molecule has 0 aliphatic carbocycles. The Bertz CT molecular complexity index is 505. The molecule has 0 spiro atoms. The fraction of sp³-hybridized carbons (Fsp3) is 0.500. The van der Waals surface area contributed by atoms with Gasteiger partial charge in [0.2, 0.25) is 8.27 Å². The third-order valence-corrected chi connectivity index (χ3v) is 7.87. The SMILES string of the molecule is CO[Si](CCCc1ccc(S(=O)(=O)Br)cc1)(OC)OC. The van der Waals surface area contributed by atoms with Crippen molar-refractivity contribution in [3.05, 3.63) is 29.8 Å². The highest BCUT2D eigenvalue weighted by Crippen LogP contribution is 2.20. The quantitative estimate of drug-likeness (QED) is 0.510. The highest BCUT2D eigenvalue weighted by molar-refractivity contribution is 9.47. The highest BCUT2D eigenvalue weighted by Gasteiger charge is 2.36. The number of rotatable bonds is 8. The molecule has 0 aliphatic rings. The van der Waals surface area contributed by atoms with Gasteiger partial charge in [0, 0.05) is 27.4 Å². The molecule has 8 heteroatoms. The maximum absolute atomic E-state index is 11.3. The van der Waals surface area contributed by atoms with Gasteiger partial charge < -0.3 is 13.3 Å². The summed E-state index contributed by atoms with van der Waals surface area (Å²) in [4.78, 5) is 0.260. The van der Waals surface area contributed by atoms with E-state index in [4.69, 9.17) is 13.3 Å². The van der Waals surface area contributed by atoms with Crippen LogP contribution in [0.25, 0.3) is 0 Å². The minimum atomic E-state index is -3.32.